The normalized spacial score (nSPS) is 10.3. The van der Waals surface area contributed by atoms with Crippen LogP contribution in [0.25, 0.3) is 0 Å². The molecule has 0 atom stereocenters. The Morgan fingerprint density at radius 1 is 1.36 bits per heavy atom. The van der Waals surface area contributed by atoms with Gasteiger partial charge in [0.1, 0.15) is 0 Å². The number of aryl methyl sites for hydroxylation is 1. The first kappa shape index (κ1) is 16.0. The summed E-state index contributed by atoms with van der Waals surface area (Å²) in [6, 6.07) is 4.54. The lowest BCUT2D eigenvalue weighted by atomic mass is 10.2. The van der Waals surface area contributed by atoms with Gasteiger partial charge in [-0.3, -0.25) is 9.48 Å². The molecular weight excluding hydrogens is 306 g/mol. The molecule has 0 aliphatic heterocycles. The van der Waals surface area contributed by atoms with E-state index in [0.717, 1.165) is 13.0 Å². The molecule has 0 aliphatic rings. The molecule has 1 heterocycles. The smallest absolute Gasteiger partial charge is 0.337 e. The first-order valence-corrected chi connectivity index (χ1v) is 7.14. The average molecular weight is 322 g/mol. The van der Waals surface area contributed by atoms with Gasteiger partial charge in [0.15, 0.2) is 0 Å². The number of carbonyl (C=O) groups excluding carboxylic acids is 2. The zero-order chi connectivity index (χ0) is 16.1. The summed E-state index contributed by atoms with van der Waals surface area (Å²) in [4.78, 5) is 23.7. The van der Waals surface area contributed by atoms with Gasteiger partial charge in [0.25, 0.3) is 5.91 Å². The van der Waals surface area contributed by atoms with E-state index < -0.39 is 5.97 Å². The predicted octanol–water partition coefficient (Wildman–Crippen LogP) is 2.99. The summed E-state index contributed by atoms with van der Waals surface area (Å²) < 4.78 is 6.34. The molecular formula is C15H16ClN3O3. The van der Waals surface area contributed by atoms with Crippen LogP contribution in [0.15, 0.2) is 30.6 Å². The quantitative estimate of drug-likeness (QED) is 0.859. The standard InChI is InChI=1S/C15H16ClN3O3/c1-3-6-19-9-11(8-17-19)14(20)18-13-7-10(15(21)22-2)4-5-12(13)16/h4-5,7-9H,3,6H2,1-2H3,(H,18,20). The summed E-state index contributed by atoms with van der Waals surface area (Å²) in [6.45, 7) is 2.77. The van der Waals surface area contributed by atoms with Gasteiger partial charge in [0.05, 0.1) is 35.1 Å². The number of halogens is 1. The SMILES string of the molecule is CCCn1cc(C(=O)Nc2cc(C(=O)OC)ccc2Cl)cn1. The van der Waals surface area contributed by atoms with E-state index >= 15 is 0 Å². The van der Waals surface area contributed by atoms with Crippen molar-refractivity contribution in [3.05, 3.63) is 46.7 Å². The van der Waals surface area contributed by atoms with Gasteiger partial charge >= 0.3 is 5.97 Å². The number of carbonyl (C=O) groups is 2. The number of amides is 1. The summed E-state index contributed by atoms with van der Waals surface area (Å²) in [5, 5.41) is 7.10. The van der Waals surface area contributed by atoms with Crippen LogP contribution in [0.2, 0.25) is 5.02 Å². The molecule has 0 aliphatic carbocycles. The summed E-state index contributed by atoms with van der Waals surface area (Å²) >= 11 is 6.04. The number of hydrogen-bond acceptors (Lipinski definition) is 4. The molecule has 1 amide bonds. The van der Waals surface area contributed by atoms with Crippen molar-refractivity contribution in [1.82, 2.24) is 9.78 Å². The molecule has 22 heavy (non-hydrogen) atoms. The molecule has 1 aromatic heterocycles. The van der Waals surface area contributed by atoms with Gasteiger partial charge in [0, 0.05) is 12.7 Å². The molecule has 6 nitrogen and oxygen atoms in total. The molecule has 0 saturated carbocycles. The van der Waals surface area contributed by atoms with Crippen molar-refractivity contribution in [2.24, 2.45) is 0 Å². The van der Waals surface area contributed by atoms with Crippen LogP contribution in [0, 0.1) is 0 Å². The van der Waals surface area contributed by atoms with Crippen LogP contribution in [0.3, 0.4) is 0 Å². The van der Waals surface area contributed by atoms with E-state index in [4.69, 9.17) is 11.6 Å². The minimum Gasteiger partial charge on any atom is -0.465 e. The molecule has 0 bridgehead atoms. The zero-order valence-corrected chi connectivity index (χ0v) is 13.1. The first-order chi connectivity index (χ1) is 10.5. The molecule has 0 saturated heterocycles. The van der Waals surface area contributed by atoms with Gasteiger partial charge < -0.3 is 10.1 Å². The van der Waals surface area contributed by atoms with Crippen molar-refractivity contribution in [2.45, 2.75) is 19.9 Å². The van der Waals surface area contributed by atoms with Gasteiger partial charge in [-0.05, 0) is 24.6 Å². The Balaban J connectivity index is 2.18. The van der Waals surface area contributed by atoms with E-state index in [1.54, 1.807) is 10.9 Å². The van der Waals surface area contributed by atoms with Gasteiger partial charge in [0.2, 0.25) is 0 Å². The van der Waals surface area contributed by atoms with Crippen LogP contribution in [-0.4, -0.2) is 28.8 Å². The highest BCUT2D eigenvalue weighted by Gasteiger charge is 2.13. The Hall–Kier alpha value is -2.34. The van der Waals surface area contributed by atoms with Crippen molar-refractivity contribution in [2.75, 3.05) is 12.4 Å². The van der Waals surface area contributed by atoms with Gasteiger partial charge in [-0.25, -0.2) is 4.79 Å². The number of ether oxygens (including phenoxy) is 1. The Morgan fingerprint density at radius 3 is 2.82 bits per heavy atom. The number of nitrogens with zero attached hydrogens (tertiary/aromatic N) is 2. The number of aromatic nitrogens is 2. The molecule has 2 aromatic rings. The second kappa shape index (κ2) is 7.09. The zero-order valence-electron chi connectivity index (χ0n) is 12.3. The Morgan fingerprint density at radius 2 is 2.14 bits per heavy atom. The fourth-order valence-electron chi connectivity index (χ4n) is 1.89. The van der Waals surface area contributed by atoms with E-state index in [-0.39, 0.29) is 5.91 Å². The fourth-order valence-corrected chi connectivity index (χ4v) is 2.06. The molecule has 0 spiro atoms. The largest absolute Gasteiger partial charge is 0.465 e. The average Bonchev–Trinajstić information content (AvgIpc) is 2.98. The third-order valence-corrected chi connectivity index (χ3v) is 3.31. The van der Waals surface area contributed by atoms with E-state index in [9.17, 15) is 9.59 Å². The van der Waals surface area contributed by atoms with Crippen LogP contribution >= 0.6 is 11.6 Å². The molecule has 1 aromatic carbocycles. The molecule has 116 valence electrons. The molecule has 0 fully saturated rings. The highest BCUT2D eigenvalue weighted by molar-refractivity contribution is 6.34. The number of anilines is 1. The lowest BCUT2D eigenvalue weighted by Gasteiger charge is -2.08. The Kier molecular flexibility index (Phi) is 5.16. The number of nitrogens with one attached hydrogen (secondary N) is 1. The molecule has 1 N–H and O–H groups in total. The minimum atomic E-state index is -0.497. The fraction of sp³-hybridized carbons (Fsp3) is 0.267. The number of benzene rings is 1. The number of hydrogen-bond donors (Lipinski definition) is 1. The van der Waals surface area contributed by atoms with Crippen molar-refractivity contribution in [3.8, 4) is 0 Å². The Bertz CT molecular complexity index is 697. The monoisotopic (exact) mass is 321 g/mol. The van der Waals surface area contributed by atoms with Crippen LogP contribution in [0.1, 0.15) is 34.1 Å². The second-order valence-electron chi connectivity index (χ2n) is 4.63. The predicted molar refractivity (Wildman–Crippen MR) is 83.3 cm³/mol. The van der Waals surface area contributed by atoms with Crippen molar-refractivity contribution in [1.29, 1.82) is 0 Å². The van der Waals surface area contributed by atoms with Crippen LogP contribution in [0.4, 0.5) is 5.69 Å². The number of esters is 1. The first-order valence-electron chi connectivity index (χ1n) is 6.76. The highest BCUT2D eigenvalue weighted by Crippen LogP contribution is 2.24. The summed E-state index contributed by atoms with van der Waals surface area (Å²) in [5.41, 5.74) is 1.08. The molecule has 7 heteroatoms. The van der Waals surface area contributed by atoms with Crippen molar-refractivity contribution in [3.63, 3.8) is 0 Å². The van der Waals surface area contributed by atoms with E-state index in [1.165, 1.54) is 31.5 Å². The van der Waals surface area contributed by atoms with Crippen LogP contribution < -0.4 is 5.32 Å². The minimum absolute atomic E-state index is 0.309. The molecule has 0 radical (unpaired) electrons. The Labute approximate surface area is 133 Å². The topological polar surface area (TPSA) is 73.2 Å². The summed E-state index contributed by atoms with van der Waals surface area (Å²) in [7, 11) is 1.29. The van der Waals surface area contributed by atoms with E-state index in [2.05, 4.69) is 15.2 Å². The number of methoxy groups -OCH3 is 1. The van der Waals surface area contributed by atoms with Gasteiger partial charge in [-0.1, -0.05) is 18.5 Å². The molecule has 0 unspecified atom stereocenters. The van der Waals surface area contributed by atoms with Gasteiger partial charge in [-0.2, -0.15) is 5.10 Å². The van der Waals surface area contributed by atoms with E-state index in [0.29, 0.717) is 21.8 Å². The third kappa shape index (κ3) is 3.65. The van der Waals surface area contributed by atoms with Crippen molar-refractivity contribution < 1.29 is 14.3 Å². The molecule has 2 rings (SSSR count). The van der Waals surface area contributed by atoms with Gasteiger partial charge in [-0.15, -0.1) is 0 Å². The van der Waals surface area contributed by atoms with Crippen molar-refractivity contribution >= 4 is 29.2 Å². The van der Waals surface area contributed by atoms with Crippen LogP contribution in [-0.2, 0) is 11.3 Å². The summed E-state index contributed by atoms with van der Waals surface area (Å²) in [5.74, 6) is -0.839. The maximum Gasteiger partial charge on any atom is 0.337 e. The number of rotatable bonds is 5. The lowest BCUT2D eigenvalue weighted by Crippen LogP contribution is -2.12. The van der Waals surface area contributed by atoms with Crippen LogP contribution in [0.5, 0.6) is 0 Å². The second-order valence-corrected chi connectivity index (χ2v) is 5.04. The lowest BCUT2D eigenvalue weighted by molar-refractivity contribution is 0.0600. The maximum atomic E-state index is 12.2. The highest BCUT2D eigenvalue weighted by atomic mass is 35.5. The maximum absolute atomic E-state index is 12.2. The van der Waals surface area contributed by atoms with E-state index in [1.807, 2.05) is 6.92 Å². The summed E-state index contributed by atoms with van der Waals surface area (Å²) in [6.07, 6.45) is 4.08. The third-order valence-electron chi connectivity index (χ3n) is 2.98.